The highest BCUT2D eigenvalue weighted by Gasteiger charge is 2.43. The lowest BCUT2D eigenvalue weighted by Gasteiger charge is -2.42. The molecule has 164 valence electrons. The first kappa shape index (κ1) is 23.2. The molecule has 2 heterocycles. The Bertz CT molecular complexity index is 1150. The van der Waals surface area contributed by atoms with Crippen molar-refractivity contribution in [2.24, 2.45) is 18.0 Å². The number of hydrogen-bond donors (Lipinski definition) is 1. The number of allylic oxidation sites excluding steroid dienone is 2. The summed E-state index contributed by atoms with van der Waals surface area (Å²) in [6.45, 7) is 7.59. The summed E-state index contributed by atoms with van der Waals surface area (Å²) in [6, 6.07) is 3.97. The van der Waals surface area contributed by atoms with Gasteiger partial charge in [0.25, 0.3) is 15.9 Å². The topological polar surface area (TPSA) is 96.7 Å². The van der Waals surface area contributed by atoms with Gasteiger partial charge in [-0.25, -0.2) is 13.4 Å². The summed E-state index contributed by atoms with van der Waals surface area (Å²) in [5.74, 6) is -0.665. The second kappa shape index (κ2) is 9.35. The van der Waals surface area contributed by atoms with Gasteiger partial charge in [-0.2, -0.15) is 4.31 Å². The highest BCUT2D eigenvalue weighted by atomic mass is 35.5. The van der Waals surface area contributed by atoms with E-state index in [-0.39, 0.29) is 34.6 Å². The van der Waals surface area contributed by atoms with Crippen LogP contribution in [0.4, 0.5) is 0 Å². The zero-order valence-corrected chi connectivity index (χ0v) is 19.0. The van der Waals surface area contributed by atoms with Crippen molar-refractivity contribution in [1.82, 2.24) is 19.2 Å². The number of aryl methyl sites for hydroxylation is 1. The fourth-order valence-electron chi connectivity index (χ4n) is 3.23. The number of nitrogens with one attached hydrogen (secondary N) is 1. The number of amides is 1. The summed E-state index contributed by atoms with van der Waals surface area (Å²) in [5, 5.41) is 3.48. The van der Waals surface area contributed by atoms with Gasteiger partial charge in [0.1, 0.15) is 0 Å². The number of nitrogens with zero attached hydrogens (tertiary/aromatic N) is 4. The molecule has 11 heteroatoms. The van der Waals surface area contributed by atoms with E-state index in [0.717, 1.165) is 0 Å². The highest BCUT2D eigenvalue weighted by Crippen LogP contribution is 2.30. The van der Waals surface area contributed by atoms with E-state index in [1.807, 2.05) is 0 Å². The Morgan fingerprint density at radius 2 is 2.10 bits per heavy atom. The van der Waals surface area contributed by atoms with E-state index < -0.39 is 22.0 Å². The third-order valence-corrected chi connectivity index (χ3v) is 7.15. The number of aliphatic imine (C=N–C) groups is 1. The van der Waals surface area contributed by atoms with Gasteiger partial charge in [0.05, 0.1) is 28.7 Å². The number of carbonyl (C=O) groups excluding carboxylic acids is 1. The largest absolute Gasteiger partial charge is 0.343 e. The zero-order valence-electron chi connectivity index (χ0n) is 16.7. The molecule has 8 nitrogen and oxygen atoms in total. The van der Waals surface area contributed by atoms with Crippen LogP contribution in [0.5, 0.6) is 0 Å². The quantitative estimate of drug-likeness (QED) is 0.462. The Kier molecular flexibility index (Phi) is 7.00. The Morgan fingerprint density at radius 3 is 2.65 bits per heavy atom. The number of carbonyl (C=O) groups is 1. The summed E-state index contributed by atoms with van der Waals surface area (Å²) in [4.78, 5) is 20.8. The van der Waals surface area contributed by atoms with E-state index in [2.05, 4.69) is 28.6 Å². The Balaban J connectivity index is 1.81. The molecule has 1 N–H and O–H groups in total. The molecule has 0 saturated carbocycles. The molecule has 0 aliphatic carbocycles. The fraction of sp³-hybridized carbons (Fsp3) is 0.250. The van der Waals surface area contributed by atoms with Crippen LogP contribution in [0.15, 0.2) is 65.2 Å². The van der Waals surface area contributed by atoms with Gasteiger partial charge in [-0.1, -0.05) is 35.9 Å². The molecule has 0 radical (unpaired) electrons. The van der Waals surface area contributed by atoms with Crippen LogP contribution in [-0.2, 0) is 17.1 Å². The molecule has 1 atom stereocenters. The number of hydrogen-bond acceptors (Lipinski definition) is 5. The van der Waals surface area contributed by atoms with Gasteiger partial charge in [0, 0.05) is 37.3 Å². The maximum absolute atomic E-state index is 12.9. The van der Waals surface area contributed by atoms with Crippen LogP contribution in [0, 0.1) is 5.92 Å². The van der Waals surface area contributed by atoms with Crippen LogP contribution < -0.4 is 5.32 Å². The Labute approximate surface area is 190 Å². The van der Waals surface area contributed by atoms with Crippen LogP contribution >= 0.6 is 23.2 Å². The predicted octanol–water partition coefficient (Wildman–Crippen LogP) is 2.92. The van der Waals surface area contributed by atoms with Crippen molar-refractivity contribution in [3.63, 3.8) is 0 Å². The molecule has 0 spiro atoms. The Morgan fingerprint density at radius 1 is 1.39 bits per heavy atom. The molecule has 1 unspecified atom stereocenters. The molecule has 1 amide bonds. The lowest BCUT2D eigenvalue weighted by atomic mass is 9.90. The Hall–Kier alpha value is -2.46. The first-order valence-corrected chi connectivity index (χ1v) is 11.4. The average molecular weight is 482 g/mol. The van der Waals surface area contributed by atoms with Gasteiger partial charge in [0.15, 0.2) is 5.03 Å². The second-order valence-electron chi connectivity index (χ2n) is 7.02. The minimum atomic E-state index is -3.72. The molecule has 1 aliphatic rings. The highest BCUT2D eigenvalue weighted by molar-refractivity contribution is 7.89. The monoisotopic (exact) mass is 481 g/mol. The first-order valence-electron chi connectivity index (χ1n) is 9.20. The van der Waals surface area contributed by atoms with Crippen LogP contribution in [0.25, 0.3) is 0 Å². The lowest BCUT2D eigenvalue weighted by molar-refractivity contribution is 0.0894. The molecule has 1 aliphatic heterocycles. The summed E-state index contributed by atoms with van der Waals surface area (Å²) in [7, 11) is -2.02. The zero-order chi connectivity index (χ0) is 22.8. The van der Waals surface area contributed by atoms with Gasteiger partial charge in [-0.15, -0.1) is 0 Å². The molecule has 1 aromatic carbocycles. The van der Waals surface area contributed by atoms with Crippen molar-refractivity contribution < 1.29 is 13.2 Å². The van der Waals surface area contributed by atoms with Gasteiger partial charge in [0.2, 0.25) is 0 Å². The van der Waals surface area contributed by atoms with Gasteiger partial charge >= 0.3 is 0 Å². The summed E-state index contributed by atoms with van der Waals surface area (Å²) in [5.41, 5.74) is 0.712. The first-order chi connectivity index (χ1) is 14.7. The van der Waals surface area contributed by atoms with E-state index >= 15 is 0 Å². The van der Waals surface area contributed by atoms with Crippen molar-refractivity contribution in [2.75, 3.05) is 13.1 Å². The molecule has 1 aromatic heterocycles. The molecule has 31 heavy (non-hydrogen) atoms. The third kappa shape index (κ3) is 4.90. The van der Waals surface area contributed by atoms with Crippen molar-refractivity contribution in [3.8, 4) is 0 Å². The molecule has 1 fully saturated rings. The molecule has 0 bridgehead atoms. The number of imidazole rings is 1. The minimum absolute atomic E-state index is 0.0225. The standard InChI is InChI=1S/C20H21Cl2N5O3S/c1-4-5-17(23-2)19(25-20(28)15-7-6-14(21)8-16(15)22)13-9-27(10-13)31(29,30)18-11-26(3)12-24-18/h4-8,11-13,19H,1-2,9-10H2,3H3,(H,25,28). The van der Waals surface area contributed by atoms with Gasteiger partial charge in [-0.05, 0) is 31.0 Å². The number of rotatable bonds is 8. The lowest BCUT2D eigenvalue weighted by Crippen LogP contribution is -2.58. The number of halogens is 2. The third-order valence-electron chi connectivity index (χ3n) is 4.89. The number of aromatic nitrogens is 2. The number of benzene rings is 1. The molecule has 2 aromatic rings. The maximum Gasteiger partial charge on any atom is 0.262 e. The smallest absolute Gasteiger partial charge is 0.262 e. The van der Waals surface area contributed by atoms with E-state index in [9.17, 15) is 13.2 Å². The van der Waals surface area contributed by atoms with Crippen LogP contribution in [-0.4, -0.2) is 54.0 Å². The summed E-state index contributed by atoms with van der Waals surface area (Å²) >= 11 is 12.1. The van der Waals surface area contributed by atoms with Gasteiger partial charge < -0.3 is 9.88 Å². The van der Waals surface area contributed by atoms with Crippen LogP contribution in [0.1, 0.15) is 10.4 Å². The fourth-order valence-corrected chi connectivity index (χ4v) is 5.25. The minimum Gasteiger partial charge on any atom is -0.343 e. The van der Waals surface area contributed by atoms with E-state index in [1.165, 1.54) is 35.0 Å². The van der Waals surface area contributed by atoms with Crippen molar-refractivity contribution in [2.45, 2.75) is 11.1 Å². The normalized spacial score (nSPS) is 16.4. The van der Waals surface area contributed by atoms with E-state index in [4.69, 9.17) is 23.2 Å². The van der Waals surface area contributed by atoms with Crippen LogP contribution in [0.3, 0.4) is 0 Å². The van der Waals surface area contributed by atoms with Gasteiger partial charge in [-0.3, -0.25) is 9.79 Å². The number of sulfonamides is 1. The SMILES string of the molecule is C=CC=C(N=C)C(NC(=O)c1ccc(Cl)cc1Cl)C1CN(S(=O)(=O)c2cn(C)cn2)C1. The molecular formula is C20H21Cl2N5O3S. The van der Waals surface area contributed by atoms with Crippen molar-refractivity contribution in [3.05, 3.63) is 70.8 Å². The van der Waals surface area contributed by atoms with E-state index in [0.29, 0.717) is 10.7 Å². The predicted molar refractivity (Wildman–Crippen MR) is 121 cm³/mol. The molecular weight excluding hydrogens is 461 g/mol. The summed E-state index contributed by atoms with van der Waals surface area (Å²) in [6.07, 6.45) is 6.02. The maximum atomic E-state index is 12.9. The molecule has 1 saturated heterocycles. The van der Waals surface area contributed by atoms with Crippen LogP contribution in [0.2, 0.25) is 10.0 Å². The van der Waals surface area contributed by atoms with Crippen molar-refractivity contribution in [1.29, 1.82) is 0 Å². The second-order valence-corrected chi connectivity index (χ2v) is 9.75. The van der Waals surface area contributed by atoms with E-state index in [1.54, 1.807) is 23.8 Å². The van der Waals surface area contributed by atoms with Crippen molar-refractivity contribution >= 4 is 45.8 Å². The average Bonchev–Trinajstić information content (AvgIpc) is 3.11. The summed E-state index contributed by atoms with van der Waals surface area (Å²) < 4.78 is 28.4. The molecule has 3 rings (SSSR count).